The molecule has 1 fully saturated rings. The first-order chi connectivity index (χ1) is 13.0. The van der Waals surface area contributed by atoms with Crippen LogP contribution >= 0.6 is 11.3 Å². The zero-order valence-corrected chi connectivity index (χ0v) is 15.5. The number of hydrogen-bond donors (Lipinski definition) is 1. The van der Waals surface area contributed by atoms with E-state index in [1.54, 1.807) is 28.1 Å². The van der Waals surface area contributed by atoms with Gasteiger partial charge in [0.25, 0.3) is 5.91 Å². The molecular formula is C18H18N4O4S. The number of nitrogens with zero attached hydrogens (tertiary/aromatic N) is 4. The molecule has 1 aliphatic heterocycles. The molecule has 0 spiro atoms. The third kappa shape index (κ3) is 3.37. The van der Waals surface area contributed by atoms with Crippen LogP contribution in [-0.2, 0) is 0 Å². The van der Waals surface area contributed by atoms with Crippen LogP contribution in [0.15, 0.2) is 35.2 Å². The van der Waals surface area contributed by atoms with Crippen LogP contribution in [0.25, 0.3) is 10.8 Å². The van der Waals surface area contributed by atoms with E-state index in [1.807, 2.05) is 13.0 Å². The first-order valence-electron chi connectivity index (χ1n) is 8.61. The van der Waals surface area contributed by atoms with E-state index in [-0.39, 0.29) is 17.5 Å². The SMILES string of the molecule is Cc1sc(-c2ccco2)nc1C(=O)N1CCC(n2cc(C(=O)O)cn2)CC1. The number of carboxylic acid groups (broad SMARTS) is 1. The van der Waals surface area contributed by atoms with Gasteiger partial charge in [0.05, 0.1) is 24.1 Å². The minimum atomic E-state index is -0.986. The van der Waals surface area contributed by atoms with E-state index in [2.05, 4.69) is 10.1 Å². The second kappa shape index (κ2) is 6.99. The van der Waals surface area contributed by atoms with Crippen molar-refractivity contribution in [3.05, 3.63) is 46.9 Å². The number of aromatic nitrogens is 3. The molecule has 1 aliphatic rings. The molecule has 0 aromatic carbocycles. The Morgan fingerprint density at radius 1 is 1.33 bits per heavy atom. The molecule has 0 unspecified atom stereocenters. The van der Waals surface area contributed by atoms with Crippen molar-refractivity contribution in [3.63, 3.8) is 0 Å². The molecular weight excluding hydrogens is 368 g/mol. The predicted octanol–water partition coefficient (Wildman–Crippen LogP) is 3.08. The zero-order valence-electron chi connectivity index (χ0n) is 14.7. The third-order valence-electron chi connectivity index (χ3n) is 4.71. The third-order valence-corrected chi connectivity index (χ3v) is 5.69. The maximum Gasteiger partial charge on any atom is 0.338 e. The molecule has 0 bridgehead atoms. The number of piperidine rings is 1. The highest BCUT2D eigenvalue weighted by atomic mass is 32.1. The Balaban J connectivity index is 1.43. The number of carboxylic acids is 1. The number of aromatic carboxylic acids is 1. The van der Waals surface area contributed by atoms with Gasteiger partial charge in [-0.25, -0.2) is 9.78 Å². The Hall–Kier alpha value is -2.94. The molecule has 4 rings (SSSR count). The molecule has 9 heteroatoms. The summed E-state index contributed by atoms with van der Waals surface area (Å²) in [6, 6.07) is 3.72. The summed E-state index contributed by atoms with van der Waals surface area (Å²) in [5, 5.41) is 13.9. The van der Waals surface area contributed by atoms with Crippen molar-refractivity contribution in [2.75, 3.05) is 13.1 Å². The van der Waals surface area contributed by atoms with Crippen LogP contribution in [0.1, 0.15) is 44.6 Å². The first kappa shape index (κ1) is 17.5. The number of amides is 1. The second-order valence-electron chi connectivity index (χ2n) is 6.44. The molecule has 3 aromatic heterocycles. The molecule has 140 valence electrons. The van der Waals surface area contributed by atoms with Crippen LogP contribution < -0.4 is 0 Å². The fourth-order valence-corrected chi connectivity index (χ4v) is 4.11. The standard InChI is InChI=1S/C18H18N4O4S/c1-11-15(20-16(27-11)14-3-2-8-26-14)17(23)21-6-4-13(5-7-21)22-10-12(9-19-22)18(24)25/h2-3,8-10,13H,4-7H2,1H3,(H,24,25). The van der Waals surface area contributed by atoms with Crippen molar-refractivity contribution in [2.24, 2.45) is 0 Å². The van der Waals surface area contributed by atoms with Gasteiger partial charge in [0.1, 0.15) is 5.69 Å². The van der Waals surface area contributed by atoms with E-state index in [0.717, 1.165) is 17.7 Å². The molecule has 1 N–H and O–H groups in total. The summed E-state index contributed by atoms with van der Waals surface area (Å²) in [5.74, 6) is -0.402. The number of hydrogen-bond acceptors (Lipinski definition) is 6. The van der Waals surface area contributed by atoms with Gasteiger partial charge in [0.2, 0.25) is 0 Å². The van der Waals surface area contributed by atoms with Gasteiger partial charge < -0.3 is 14.4 Å². The minimum absolute atomic E-state index is 0.0771. The van der Waals surface area contributed by atoms with Crippen LogP contribution in [-0.4, -0.2) is 49.7 Å². The monoisotopic (exact) mass is 386 g/mol. The van der Waals surface area contributed by atoms with E-state index in [1.165, 1.54) is 17.5 Å². The zero-order chi connectivity index (χ0) is 19.0. The minimum Gasteiger partial charge on any atom is -0.478 e. The molecule has 4 heterocycles. The summed E-state index contributed by atoms with van der Waals surface area (Å²) in [6.45, 7) is 3.05. The second-order valence-corrected chi connectivity index (χ2v) is 7.64. The number of carbonyl (C=O) groups is 2. The van der Waals surface area contributed by atoms with E-state index in [4.69, 9.17) is 9.52 Å². The van der Waals surface area contributed by atoms with Gasteiger partial charge in [-0.15, -0.1) is 11.3 Å². The largest absolute Gasteiger partial charge is 0.478 e. The van der Waals surface area contributed by atoms with Gasteiger partial charge in [-0.05, 0) is 31.9 Å². The van der Waals surface area contributed by atoms with E-state index >= 15 is 0 Å². The van der Waals surface area contributed by atoms with Gasteiger partial charge >= 0.3 is 5.97 Å². The Labute approximate surface area is 159 Å². The van der Waals surface area contributed by atoms with Crippen molar-refractivity contribution in [3.8, 4) is 10.8 Å². The summed E-state index contributed by atoms with van der Waals surface area (Å²) < 4.78 is 7.06. The maximum absolute atomic E-state index is 12.9. The fraction of sp³-hybridized carbons (Fsp3) is 0.333. The van der Waals surface area contributed by atoms with E-state index in [9.17, 15) is 9.59 Å². The van der Waals surface area contributed by atoms with E-state index < -0.39 is 5.97 Å². The lowest BCUT2D eigenvalue weighted by molar-refractivity contribution is 0.0683. The molecule has 0 aliphatic carbocycles. The Morgan fingerprint density at radius 2 is 2.11 bits per heavy atom. The van der Waals surface area contributed by atoms with Crippen molar-refractivity contribution >= 4 is 23.2 Å². The topological polar surface area (TPSA) is 101 Å². The van der Waals surface area contributed by atoms with E-state index in [0.29, 0.717) is 29.6 Å². The van der Waals surface area contributed by atoms with Gasteiger partial charge in [-0.2, -0.15) is 5.10 Å². The van der Waals surface area contributed by atoms with Crippen LogP contribution in [0.4, 0.5) is 0 Å². The highest BCUT2D eigenvalue weighted by molar-refractivity contribution is 7.15. The van der Waals surface area contributed by atoms with Crippen molar-refractivity contribution in [1.82, 2.24) is 19.7 Å². The summed E-state index contributed by atoms with van der Waals surface area (Å²) in [6.07, 6.45) is 5.93. The number of likely N-dealkylation sites (tertiary alicyclic amines) is 1. The number of rotatable bonds is 4. The first-order valence-corrected chi connectivity index (χ1v) is 9.42. The average Bonchev–Trinajstić information content (AvgIpc) is 3.41. The lowest BCUT2D eigenvalue weighted by Crippen LogP contribution is -2.39. The van der Waals surface area contributed by atoms with Crippen LogP contribution in [0, 0.1) is 6.92 Å². The van der Waals surface area contributed by atoms with Crippen LogP contribution in [0.5, 0.6) is 0 Å². The number of furan rings is 1. The van der Waals surface area contributed by atoms with Crippen molar-refractivity contribution in [2.45, 2.75) is 25.8 Å². The molecule has 27 heavy (non-hydrogen) atoms. The summed E-state index contributed by atoms with van der Waals surface area (Å²) in [5.41, 5.74) is 0.647. The molecule has 0 radical (unpaired) electrons. The van der Waals surface area contributed by atoms with Crippen molar-refractivity contribution < 1.29 is 19.1 Å². The lowest BCUT2D eigenvalue weighted by Gasteiger charge is -2.31. The molecule has 0 saturated carbocycles. The fourth-order valence-electron chi connectivity index (χ4n) is 3.23. The molecule has 3 aromatic rings. The Bertz CT molecular complexity index is 968. The molecule has 8 nitrogen and oxygen atoms in total. The molecule has 1 amide bonds. The Morgan fingerprint density at radius 3 is 2.74 bits per heavy atom. The average molecular weight is 386 g/mol. The summed E-state index contributed by atoms with van der Waals surface area (Å²) >= 11 is 1.45. The summed E-state index contributed by atoms with van der Waals surface area (Å²) in [7, 11) is 0. The van der Waals surface area contributed by atoms with Gasteiger partial charge in [0.15, 0.2) is 10.8 Å². The maximum atomic E-state index is 12.9. The van der Waals surface area contributed by atoms with Gasteiger partial charge in [-0.1, -0.05) is 0 Å². The van der Waals surface area contributed by atoms with Gasteiger partial charge in [0, 0.05) is 24.2 Å². The smallest absolute Gasteiger partial charge is 0.338 e. The molecule has 0 atom stereocenters. The normalized spacial score (nSPS) is 15.2. The van der Waals surface area contributed by atoms with Crippen molar-refractivity contribution in [1.29, 1.82) is 0 Å². The summed E-state index contributed by atoms with van der Waals surface area (Å²) in [4.78, 5) is 31.0. The molecule has 1 saturated heterocycles. The number of thiazole rings is 1. The highest BCUT2D eigenvalue weighted by Gasteiger charge is 2.28. The van der Waals surface area contributed by atoms with Crippen LogP contribution in [0.2, 0.25) is 0 Å². The predicted molar refractivity (Wildman–Crippen MR) is 97.9 cm³/mol. The van der Waals surface area contributed by atoms with Gasteiger partial charge in [-0.3, -0.25) is 9.48 Å². The number of carbonyl (C=O) groups excluding carboxylic acids is 1. The highest BCUT2D eigenvalue weighted by Crippen LogP contribution is 2.30. The Kier molecular flexibility index (Phi) is 4.53. The lowest BCUT2D eigenvalue weighted by atomic mass is 10.0. The number of aryl methyl sites for hydroxylation is 1. The van der Waals surface area contributed by atoms with Crippen LogP contribution in [0.3, 0.4) is 0 Å². The quantitative estimate of drug-likeness (QED) is 0.739.